The average Bonchev–Trinajstić information content (AvgIpc) is 2.54. The molecule has 0 bridgehead atoms. The van der Waals surface area contributed by atoms with E-state index in [1.807, 2.05) is 36.4 Å². The smallest absolute Gasteiger partial charge is 0.225 e. The fourth-order valence-electron chi connectivity index (χ4n) is 2.28. The highest BCUT2D eigenvalue weighted by molar-refractivity contribution is 5.90. The maximum atomic E-state index is 11.9. The van der Waals surface area contributed by atoms with Gasteiger partial charge in [0.05, 0.1) is 0 Å². The highest BCUT2D eigenvalue weighted by atomic mass is 16.1. The molecule has 0 saturated carbocycles. The van der Waals surface area contributed by atoms with Crippen LogP contribution in [0.3, 0.4) is 0 Å². The molecule has 0 heterocycles. The summed E-state index contributed by atoms with van der Waals surface area (Å²) in [5, 5.41) is 6.24. The lowest BCUT2D eigenvalue weighted by atomic mass is 10.1. The van der Waals surface area contributed by atoms with E-state index in [0.29, 0.717) is 13.0 Å². The average molecular weight is 296 g/mol. The van der Waals surface area contributed by atoms with E-state index in [4.69, 9.17) is 0 Å². The monoisotopic (exact) mass is 296 g/mol. The Morgan fingerprint density at radius 3 is 2.45 bits per heavy atom. The highest BCUT2D eigenvalue weighted by Crippen LogP contribution is 2.10. The number of benzene rings is 2. The Balaban J connectivity index is 1.70. The van der Waals surface area contributed by atoms with Crippen molar-refractivity contribution < 1.29 is 4.79 Å². The van der Waals surface area contributed by atoms with Gasteiger partial charge in [0.15, 0.2) is 0 Å². The molecular weight excluding hydrogens is 272 g/mol. The molecule has 22 heavy (non-hydrogen) atoms. The van der Waals surface area contributed by atoms with Crippen molar-refractivity contribution >= 4 is 11.6 Å². The second kappa shape index (κ2) is 8.35. The van der Waals surface area contributed by atoms with E-state index in [2.05, 4.69) is 36.6 Å². The third-order valence-electron chi connectivity index (χ3n) is 3.75. The van der Waals surface area contributed by atoms with Gasteiger partial charge in [0.25, 0.3) is 0 Å². The Hall–Kier alpha value is -2.13. The number of rotatable bonds is 7. The molecule has 0 unspecified atom stereocenters. The molecule has 2 N–H and O–H groups in total. The van der Waals surface area contributed by atoms with Gasteiger partial charge in [-0.1, -0.05) is 43.3 Å². The van der Waals surface area contributed by atoms with Crippen LogP contribution < -0.4 is 10.6 Å². The fourth-order valence-corrected chi connectivity index (χ4v) is 2.28. The second-order valence-electron chi connectivity index (χ2n) is 5.45. The van der Waals surface area contributed by atoms with Gasteiger partial charge < -0.3 is 10.6 Å². The third kappa shape index (κ3) is 5.01. The van der Waals surface area contributed by atoms with Crippen molar-refractivity contribution in [3.8, 4) is 0 Å². The van der Waals surface area contributed by atoms with Crippen LogP contribution in [0.25, 0.3) is 0 Å². The Bertz CT molecular complexity index is 605. The first-order valence-electron chi connectivity index (χ1n) is 7.83. The standard InChI is InChI=1S/C19H24N2O/c1-3-16-8-10-18(11-9-16)21-19(22)12-13-20-14-17-7-5-4-6-15(17)2/h4-11,20H,3,12-14H2,1-2H3,(H,21,22). The molecule has 0 aromatic heterocycles. The summed E-state index contributed by atoms with van der Waals surface area (Å²) in [4.78, 5) is 11.9. The van der Waals surface area contributed by atoms with Crippen LogP contribution in [0.5, 0.6) is 0 Å². The van der Waals surface area contributed by atoms with E-state index in [9.17, 15) is 4.79 Å². The molecule has 1 amide bonds. The van der Waals surface area contributed by atoms with Crippen molar-refractivity contribution in [3.05, 3.63) is 65.2 Å². The summed E-state index contributed by atoms with van der Waals surface area (Å²) in [5.41, 5.74) is 4.69. The molecule has 0 atom stereocenters. The quantitative estimate of drug-likeness (QED) is 0.765. The second-order valence-corrected chi connectivity index (χ2v) is 5.45. The first-order valence-corrected chi connectivity index (χ1v) is 7.83. The summed E-state index contributed by atoms with van der Waals surface area (Å²) in [6.45, 7) is 5.69. The highest BCUT2D eigenvalue weighted by Gasteiger charge is 2.02. The van der Waals surface area contributed by atoms with Crippen LogP contribution in [-0.4, -0.2) is 12.5 Å². The van der Waals surface area contributed by atoms with E-state index in [1.165, 1.54) is 16.7 Å². The van der Waals surface area contributed by atoms with Crippen molar-refractivity contribution in [2.75, 3.05) is 11.9 Å². The minimum atomic E-state index is 0.0431. The molecule has 0 aliphatic heterocycles. The summed E-state index contributed by atoms with van der Waals surface area (Å²) in [6, 6.07) is 16.3. The molecule has 0 aliphatic rings. The Morgan fingerprint density at radius 1 is 1.05 bits per heavy atom. The van der Waals surface area contributed by atoms with Crippen LogP contribution in [-0.2, 0) is 17.8 Å². The van der Waals surface area contributed by atoms with Gasteiger partial charge in [0, 0.05) is 25.2 Å². The van der Waals surface area contributed by atoms with Crippen molar-refractivity contribution in [1.82, 2.24) is 5.32 Å². The predicted octanol–water partition coefficient (Wildman–Crippen LogP) is 3.68. The summed E-state index contributed by atoms with van der Waals surface area (Å²) in [6.07, 6.45) is 1.48. The lowest BCUT2D eigenvalue weighted by Crippen LogP contribution is -2.21. The number of amides is 1. The van der Waals surface area contributed by atoms with Crippen molar-refractivity contribution in [2.45, 2.75) is 33.2 Å². The van der Waals surface area contributed by atoms with Crippen molar-refractivity contribution in [3.63, 3.8) is 0 Å². The van der Waals surface area contributed by atoms with E-state index >= 15 is 0 Å². The molecule has 0 radical (unpaired) electrons. The van der Waals surface area contributed by atoms with Crippen LogP contribution >= 0.6 is 0 Å². The molecule has 0 saturated heterocycles. The lowest BCUT2D eigenvalue weighted by molar-refractivity contribution is -0.116. The van der Waals surface area contributed by atoms with Gasteiger partial charge in [-0.15, -0.1) is 0 Å². The summed E-state index contributed by atoms with van der Waals surface area (Å²) >= 11 is 0. The van der Waals surface area contributed by atoms with E-state index < -0.39 is 0 Å². The number of nitrogens with one attached hydrogen (secondary N) is 2. The third-order valence-corrected chi connectivity index (χ3v) is 3.75. The van der Waals surface area contributed by atoms with E-state index in [-0.39, 0.29) is 5.91 Å². The number of carbonyl (C=O) groups is 1. The number of anilines is 1. The number of hydrogen-bond donors (Lipinski definition) is 2. The SMILES string of the molecule is CCc1ccc(NC(=O)CCNCc2ccccc2C)cc1. The predicted molar refractivity (Wildman–Crippen MR) is 92.0 cm³/mol. The van der Waals surface area contributed by atoms with E-state index in [1.54, 1.807) is 0 Å². The van der Waals surface area contributed by atoms with E-state index in [0.717, 1.165) is 18.7 Å². The molecule has 3 nitrogen and oxygen atoms in total. The molecule has 2 rings (SSSR count). The molecule has 3 heteroatoms. The number of carbonyl (C=O) groups excluding carboxylic acids is 1. The molecule has 0 fully saturated rings. The first kappa shape index (κ1) is 16.2. The minimum Gasteiger partial charge on any atom is -0.326 e. The number of hydrogen-bond acceptors (Lipinski definition) is 2. The zero-order chi connectivity index (χ0) is 15.8. The van der Waals surface area contributed by atoms with Gasteiger partial charge >= 0.3 is 0 Å². The first-order chi connectivity index (χ1) is 10.7. The van der Waals surface area contributed by atoms with Gasteiger partial charge in [-0.2, -0.15) is 0 Å². The molecule has 0 aliphatic carbocycles. The molecule has 2 aromatic rings. The topological polar surface area (TPSA) is 41.1 Å². The van der Waals surface area contributed by atoms with Gasteiger partial charge in [0.1, 0.15) is 0 Å². The van der Waals surface area contributed by atoms with Gasteiger partial charge in [-0.25, -0.2) is 0 Å². The fraction of sp³-hybridized carbons (Fsp3) is 0.316. The summed E-state index contributed by atoms with van der Waals surface area (Å²) in [7, 11) is 0. The zero-order valence-corrected chi connectivity index (χ0v) is 13.4. The zero-order valence-electron chi connectivity index (χ0n) is 13.4. The van der Waals surface area contributed by atoms with Crippen LogP contribution in [0, 0.1) is 6.92 Å². The summed E-state index contributed by atoms with van der Waals surface area (Å²) < 4.78 is 0. The normalized spacial score (nSPS) is 10.5. The molecule has 2 aromatic carbocycles. The van der Waals surface area contributed by atoms with Gasteiger partial charge in [-0.05, 0) is 42.2 Å². The molecule has 116 valence electrons. The van der Waals surface area contributed by atoms with Crippen LogP contribution in [0.15, 0.2) is 48.5 Å². The van der Waals surface area contributed by atoms with Crippen molar-refractivity contribution in [1.29, 1.82) is 0 Å². The maximum Gasteiger partial charge on any atom is 0.225 e. The van der Waals surface area contributed by atoms with Crippen molar-refractivity contribution in [2.24, 2.45) is 0 Å². The molecular formula is C19H24N2O. The van der Waals surface area contributed by atoms with Crippen LogP contribution in [0.2, 0.25) is 0 Å². The maximum absolute atomic E-state index is 11.9. The minimum absolute atomic E-state index is 0.0431. The Labute approximate surface area is 132 Å². The largest absolute Gasteiger partial charge is 0.326 e. The number of aryl methyl sites for hydroxylation is 2. The summed E-state index contributed by atoms with van der Waals surface area (Å²) in [5.74, 6) is 0.0431. The van der Waals surface area contributed by atoms with Crippen LogP contribution in [0.4, 0.5) is 5.69 Å². The van der Waals surface area contributed by atoms with Crippen LogP contribution in [0.1, 0.15) is 30.0 Å². The Kier molecular flexibility index (Phi) is 6.16. The lowest BCUT2D eigenvalue weighted by Gasteiger charge is -2.08. The molecule has 0 spiro atoms. The van der Waals surface area contributed by atoms with Gasteiger partial charge in [-0.3, -0.25) is 4.79 Å². The van der Waals surface area contributed by atoms with Gasteiger partial charge in [0.2, 0.25) is 5.91 Å². The Morgan fingerprint density at radius 2 is 1.77 bits per heavy atom.